The van der Waals surface area contributed by atoms with Gasteiger partial charge in [-0.3, -0.25) is 4.79 Å². The van der Waals surface area contributed by atoms with Crippen LogP contribution in [0, 0.1) is 0 Å². The average Bonchev–Trinajstić information content (AvgIpc) is 2.61. The Balaban J connectivity index is 2.53. The number of benzene rings is 2. The minimum Gasteiger partial charge on any atom is -0.478 e. The molecule has 0 heterocycles. The Kier molecular flexibility index (Phi) is 5.70. The third kappa shape index (κ3) is 3.87. The highest BCUT2D eigenvalue weighted by Gasteiger charge is 2.22. The van der Waals surface area contributed by atoms with Gasteiger partial charge in [0.25, 0.3) is 0 Å². The molecule has 0 atom stereocenters. The first-order valence-electron chi connectivity index (χ1n) is 7.53. The van der Waals surface area contributed by atoms with E-state index in [1.54, 1.807) is 18.2 Å². The van der Waals surface area contributed by atoms with Crippen molar-refractivity contribution in [3.05, 3.63) is 71.8 Å². The van der Waals surface area contributed by atoms with Gasteiger partial charge in [-0.05, 0) is 12.1 Å². The van der Waals surface area contributed by atoms with E-state index in [1.807, 2.05) is 0 Å². The maximum absolute atomic E-state index is 12.7. The van der Waals surface area contributed by atoms with Crippen molar-refractivity contribution in [2.75, 3.05) is 0 Å². The number of carboxylic acid groups (broad SMARTS) is 1. The van der Waals surface area contributed by atoms with Gasteiger partial charge in [0, 0.05) is 18.1 Å². The van der Waals surface area contributed by atoms with Crippen molar-refractivity contribution in [2.24, 2.45) is 0 Å². The van der Waals surface area contributed by atoms with E-state index in [0.29, 0.717) is 11.1 Å². The maximum Gasteiger partial charge on any atom is 0.347 e. The van der Waals surface area contributed by atoms with Crippen LogP contribution < -0.4 is 9.47 Å². The number of para-hydroxylation sites is 2. The third-order valence-corrected chi connectivity index (χ3v) is 3.42. The van der Waals surface area contributed by atoms with E-state index in [-0.39, 0.29) is 22.6 Å². The molecule has 0 fully saturated rings. The van der Waals surface area contributed by atoms with Gasteiger partial charge in [0.05, 0.1) is 0 Å². The molecule has 0 aliphatic carbocycles. The minimum absolute atomic E-state index is 0.00652. The molecular weight excluding hydrogens is 336 g/mol. The number of hydrogen-bond donors (Lipinski definition) is 1. The van der Waals surface area contributed by atoms with Crippen molar-refractivity contribution < 1.29 is 29.0 Å². The summed E-state index contributed by atoms with van der Waals surface area (Å²) in [5.41, 5.74) is 0.537. The highest BCUT2D eigenvalue weighted by Crippen LogP contribution is 2.30. The van der Waals surface area contributed by atoms with Crippen LogP contribution in [0.3, 0.4) is 0 Å². The molecule has 0 unspecified atom stereocenters. The summed E-state index contributed by atoms with van der Waals surface area (Å²) in [5, 5.41) is 9.32. The Morgan fingerprint density at radius 3 is 1.85 bits per heavy atom. The lowest BCUT2D eigenvalue weighted by atomic mass is 10.1. The number of rotatable bonds is 6. The van der Waals surface area contributed by atoms with Gasteiger partial charge in [0.1, 0.15) is 11.1 Å². The van der Waals surface area contributed by atoms with E-state index in [0.717, 1.165) is 0 Å². The molecule has 2 aromatic carbocycles. The number of carbonyl (C=O) groups is 3. The van der Waals surface area contributed by atoms with Crippen LogP contribution >= 0.6 is 0 Å². The molecule has 6 nitrogen and oxygen atoms in total. The summed E-state index contributed by atoms with van der Waals surface area (Å²) in [6, 6.07) is 8.98. The number of ether oxygens (including phenoxy) is 2. The van der Waals surface area contributed by atoms with Gasteiger partial charge in [-0.25, -0.2) is 9.59 Å². The van der Waals surface area contributed by atoms with Gasteiger partial charge < -0.3 is 14.6 Å². The summed E-state index contributed by atoms with van der Waals surface area (Å²) in [6.45, 7) is 8.40. The Morgan fingerprint density at radius 2 is 1.38 bits per heavy atom. The maximum atomic E-state index is 12.7. The van der Waals surface area contributed by atoms with E-state index in [2.05, 4.69) is 13.2 Å². The molecule has 0 saturated heterocycles. The van der Waals surface area contributed by atoms with Crippen LogP contribution in [-0.4, -0.2) is 23.0 Å². The lowest BCUT2D eigenvalue weighted by Gasteiger charge is -2.14. The molecule has 0 saturated carbocycles. The standard InChI is InChI=1S/C20H16O6/c1-4-13-8-6-10-15(19(22)23)17(13)26-20(24)16-11-7-9-14(5-2)18(16)25-12(3)21/h4-11H,1-2H2,3H3,(H,22,23). The Morgan fingerprint density at radius 1 is 0.885 bits per heavy atom. The average molecular weight is 352 g/mol. The van der Waals surface area contributed by atoms with E-state index in [4.69, 9.17) is 9.47 Å². The summed E-state index contributed by atoms with van der Waals surface area (Å²) in [6.07, 6.45) is 2.80. The first-order chi connectivity index (χ1) is 12.4. The number of carboxylic acids is 1. The zero-order valence-electron chi connectivity index (χ0n) is 14.0. The lowest BCUT2D eigenvalue weighted by Crippen LogP contribution is -2.15. The van der Waals surface area contributed by atoms with Crippen LogP contribution in [0.4, 0.5) is 0 Å². The van der Waals surface area contributed by atoms with E-state index >= 15 is 0 Å². The van der Waals surface area contributed by atoms with Gasteiger partial charge in [0.15, 0.2) is 11.5 Å². The summed E-state index contributed by atoms with van der Waals surface area (Å²) in [4.78, 5) is 35.4. The summed E-state index contributed by atoms with van der Waals surface area (Å²) >= 11 is 0. The fourth-order valence-corrected chi connectivity index (χ4v) is 2.28. The number of aromatic carboxylic acids is 1. The van der Waals surface area contributed by atoms with Gasteiger partial charge in [-0.1, -0.05) is 49.6 Å². The van der Waals surface area contributed by atoms with E-state index in [9.17, 15) is 19.5 Å². The molecule has 2 rings (SSSR count). The topological polar surface area (TPSA) is 89.9 Å². The zero-order valence-corrected chi connectivity index (χ0v) is 14.0. The van der Waals surface area contributed by atoms with Crippen LogP contribution in [0.15, 0.2) is 49.6 Å². The molecule has 0 aliphatic rings. The highest BCUT2D eigenvalue weighted by molar-refractivity contribution is 5.99. The van der Waals surface area contributed by atoms with Gasteiger partial charge in [-0.15, -0.1) is 0 Å². The molecule has 132 valence electrons. The molecule has 0 aromatic heterocycles. The van der Waals surface area contributed by atoms with Gasteiger partial charge >= 0.3 is 17.9 Å². The third-order valence-electron chi connectivity index (χ3n) is 3.42. The van der Waals surface area contributed by atoms with Crippen LogP contribution in [0.1, 0.15) is 38.8 Å². The van der Waals surface area contributed by atoms with Crippen molar-refractivity contribution >= 4 is 30.1 Å². The lowest BCUT2D eigenvalue weighted by molar-refractivity contribution is -0.131. The number of esters is 2. The zero-order chi connectivity index (χ0) is 19.3. The minimum atomic E-state index is -1.25. The summed E-state index contributed by atoms with van der Waals surface area (Å²) < 4.78 is 10.4. The second-order valence-electron chi connectivity index (χ2n) is 5.14. The van der Waals surface area contributed by atoms with Crippen LogP contribution in [0.2, 0.25) is 0 Å². The summed E-state index contributed by atoms with van der Waals surface area (Å²) in [7, 11) is 0. The smallest absolute Gasteiger partial charge is 0.347 e. The quantitative estimate of drug-likeness (QED) is 0.628. The van der Waals surface area contributed by atoms with Crippen molar-refractivity contribution in [2.45, 2.75) is 6.92 Å². The molecule has 2 aromatic rings. The molecule has 0 aliphatic heterocycles. The molecule has 26 heavy (non-hydrogen) atoms. The highest BCUT2D eigenvalue weighted by atomic mass is 16.6. The van der Waals surface area contributed by atoms with Crippen molar-refractivity contribution in [1.82, 2.24) is 0 Å². The first-order valence-corrected chi connectivity index (χ1v) is 7.53. The molecule has 1 N–H and O–H groups in total. The second kappa shape index (κ2) is 7.94. The molecule has 0 spiro atoms. The Labute approximate surface area is 150 Å². The normalized spacial score (nSPS) is 9.88. The largest absolute Gasteiger partial charge is 0.478 e. The molecule has 0 bridgehead atoms. The van der Waals surface area contributed by atoms with Crippen LogP contribution in [-0.2, 0) is 4.79 Å². The number of hydrogen-bond acceptors (Lipinski definition) is 5. The SMILES string of the molecule is C=Cc1cccc(C(=O)O)c1OC(=O)c1cccc(C=C)c1OC(C)=O. The summed E-state index contributed by atoms with van der Waals surface area (Å²) in [5.74, 6) is -2.89. The predicted molar refractivity (Wildman–Crippen MR) is 96.3 cm³/mol. The van der Waals surface area contributed by atoms with Crippen molar-refractivity contribution in [3.63, 3.8) is 0 Å². The van der Waals surface area contributed by atoms with Gasteiger partial charge in [0.2, 0.25) is 0 Å². The second-order valence-corrected chi connectivity index (χ2v) is 5.14. The Hall–Kier alpha value is -3.67. The molecular formula is C20H16O6. The van der Waals surface area contributed by atoms with Gasteiger partial charge in [-0.2, -0.15) is 0 Å². The molecule has 0 amide bonds. The van der Waals surface area contributed by atoms with Crippen LogP contribution in [0.25, 0.3) is 12.2 Å². The molecule has 6 heteroatoms. The fraction of sp³-hybridized carbons (Fsp3) is 0.0500. The Bertz CT molecular complexity index is 911. The fourth-order valence-electron chi connectivity index (χ4n) is 2.28. The van der Waals surface area contributed by atoms with Crippen LogP contribution in [0.5, 0.6) is 11.5 Å². The number of carbonyl (C=O) groups excluding carboxylic acids is 2. The molecule has 0 radical (unpaired) electrons. The van der Waals surface area contributed by atoms with Crippen molar-refractivity contribution in [1.29, 1.82) is 0 Å². The monoisotopic (exact) mass is 352 g/mol. The van der Waals surface area contributed by atoms with Crippen molar-refractivity contribution in [3.8, 4) is 11.5 Å². The van der Waals surface area contributed by atoms with E-state index < -0.39 is 17.9 Å². The van der Waals surface area contributed by atoms with E-state index in [1.165, 1.54) is 37.3 Å². The predicted octanol–water partition coefficient (Wildman–Crippen LogP) is 3.82. The first kappa shape index (κ1) is 18.7.